The Labute approximate surface area is 112 Å². The monoisotopic (exact) mass is 293 g/mol. The Bertz CT molecular complexity index is 448. The van der Waals surface area contributed by atoms with E-state index in [0.29, 0.717) is 26.3 Å². The maximum atomic E-state index is 12.4. The number of hydrogen-bond acceptors (Lipinski definition) is 5. The summed E-state index contributed by atoms with van der Waals surface area (Å²) in [6.07, 6.45) is 0. The zero-order chi connectivity index (χ0) is 14.1. The standard InChI is InChI=1S/C10H19N3O5S/c1-10(9(11)14)8-13(4-7-18-10)19(15,16)12-2-5-17-6-3-12/h2-8H2,1H3,(H2,11,14). The van der Waals surface area contributed by atoms with Crippen LogP contribution in [0, 0.1) is 0 Å². The number of nitrogens with two attached hydrogens (primary N) is 1. The maximum absolute atomic E-state index is 12.4. The highest BCUT2D eigenvalue weighted by atomic mass is 32.2. The quantitative estimate of drug-likeness (QED) is 0.657. The molecule has 0 aromatic rings. The molecule has 2 saturated heterocycles. The SMILES string of the molecule is CC1(C(N)=O)CN(S(=O)(=O)N2CCOCC2)CCO1. The Balaban J connectivity index is 2.14. The van der Waals surface area contributed by atoms with Crippen LogP contribution in [-0.4, -0.2) is 74.5 Å². The minimum absolute atomic E-state index is 0.0535. The summed E-state index contributed by atoms with van der Waals surface area (Å²) in [5.74, 6) is -0.658. The molecule has 1 atom stereocenters. The molecule has 0 bridgehead atoms. The first kappa shape index (κ1) is 14.7. The lowest BCUT2D eigenvalue weighted by Crippen LogP contribution is -2.61. The summed E-state index contributed by atoms with van der Waals surface area (Å²) in [4.78, 5) is 11.4. The third kappa shape index (κ3) is 2.90. The lowest BCUT2D eigenvalue weighted by molar-refractivity contribution is -0.148. The topological polar surface area (TPSA) is 102 Å². The van der Waals surface area contributed by atoms with Gasteiger partial charge in [-0.1, -0.05) is 0 Å². The van der Waals surface area contributed by atoms with Crippen LogP contribution in [0.4, 0.5) is 0 Å². The van der Waals surface area contributed by atoms with E-state index < -0.39 is 21.7 Å². The van der Waals surface area contributed by atoms with E-state index >= 15 is 0 Å². The molecule has 2 aliphatic heterocycles. The number of morpholine rings is 2. The van der Waals surface area contributed by atoms with Crippen molar-refractivity contribution in [3.05, 3.63) is 0 Å². The summed E-state index contributed by atoms with van der Waals surface area (Å²) in [6.45, 7) is 3.26. The van der Waals surface area contributed by atoms with Gasteiger partial charge in [0.2, 0.25) is 0 Å². The molecule has 19 heavy (non-hydrogen) atoms. The number of carbonyl (C=O) groups excluding carboxylic acids is 1. The van der Waals surface area contributed by atoms with Gasteiger partial charge in [-0.2, -0.15) is 17.0 Å². The average Bonchev–Trinajstić information content (AvgIpc) is 2.39. The molecule has 2 heterocycles. The summed E-state index contributed by atoms with van der Waals surface area (Å²) >= 11 is 0. The van der Waals surface area contributed by atoms with E-state index in [2.05, 4.69) is 0 Å². The molecular weight excluding hydrogens is 274 g/mol. The molecule has 8 nitrogen and oxygen atoms in total. The van der Waals surface area contributed by atoms with Crippen LogP contribution in [0.1, 0.15) is 6.92 Å². The number of amides is 1. The predicted octanol–water partition coefficient (Wildman–Crippen LogP) is -1.86. The highest BCUT2D eigenvalue weighted by Crippen LogP contribution is 2.21. The molecule has 9 heteroatoms. The molecule has 0 spiro atoms. The van der Waals surface area contributed by atoms with Crippen LogP contribution in [0.2, 0.25) is 0 Å². The van der Waals surface area contributed by atoms with Gasteiger partial charge in [0.15, 0.2) is 5.60 Å². The highest BCUT2D eigenvalue weighted by molar-refractivity contribution is 7.86. The van der Waals surface area contributed by atoms with E-state index in [1.807, 2.05) is 0 Å². The van der Waals surface area contributed by atoms with E-state index in [9.17, 15) is 13.2 Å². The fraction of sp³-hybridized carbons (Fsp3) is 0.900. The molecule has 0 saturated carbocycles. The van der Waals surface area contributed by atoms with Crippen LogP contribution in [0.15, 0.2) is 0 Å². The van der Waals surface area contributed by atoms with E-state index in [0.717, 1.165) is 0 Å². The van der Waals surface area contributed by atoms with Gasteiger partial charge < -0.3 is 15.2 Å². The second kappa shape index (κ2) is 5.33. The molecule has 1 unspecified atom stereocenters. The molecule has 110 valence electrons. The molecule has 1 amide bonds. The molecule has 0 aromatic carbocycles. The van der Waals surface area contributed by atoms with Crippen molar-refractivity contribution in [1.82, 2.24) is 8.61 Å². The number of nitrogens with zero attached hydrogens (tertiary/aromatic N) is 2. The van der Waals surface area contributed by atoms with Crippen LogP contribution in [0.3, 0.4) is 0 Å². The van der Waals surface area contributed by atoms with Crippen molar-refractivity contribution in [2.75, 3.05) is 46.0 Å². The Morgan fingerprint density at radius 1 is 1.16 bits per heavy atom. The van der Waals surface area contributed by atoms with Crippen molar-refractivity contribution in [2.45, 2.75) is 12.5 Å². The van der Waals surface area contributed by atoms with Gasteiger partial charge in [0.1, 0.15) is 0 Å². The first-order chi connectivity index (χ1) is 8.86. The van der Waals surface area contributed by atoms with E-state index in [1.165, 1.54) is 15.5 Å². The summed E-state index contributed by atoms with van der Waals surface area (Å²) in [5.41, 5.74) is 4.00. The van der Waals surface area contributed by atoms with Crippen LogP contribution in [0.25, 0.3) is 0 Å². The summed E-state index contributed by atoms with van der Waals surface area (Å²) < 4.78 is 38.0. The van der Waals surface area contributed by atoms with Crippen molar-refractivity contribution < 1.29 is 22.7 Å². The van der Waals surface area contributed by atoms with Crippen molar-refractivity contribution in [2.24, 2.45) is 5.73 Å². The lowest BCUT2D eigenvalue weighted by atomic mass is 10.1. The number of ether oxygens (including phenoxy) is 2. The Hall–Kier alpha value is -0.740. The fourth-order valence-corrected chi connectivity index (χ4v) is 3.77. The lowest BCUT2D eigenvalue weighted by Gasteiger charge is -2.40. The van der Waals surface area contributed by atoms with Gasteiger partial charge in [-0.15, -0.1) is 0 Å². The third-order valence-electron chi connectivity index (χ3n) is 3.38. The first-order valence-electron chi connectivity index (χ1n) is 6.13. The van der Waals surface area contributed by atoms with Crippen LogP contribution in [0.5, 0.6) is 0 Å². The number of primary amides is 1. The minimum atomic E-state index is -3.59. The molecular formula is C10H19N3O5S. The highest BCUT2D eigenvalue weighted by Gasteiger charge is 2.43. The molecule has 2 aliphatic rings. The van der Waals surface area contributed by atoms with Gasteiger partial charge in [-0.25, -0.2) is 0 Å². The van der Waals surface area contributed by atoms with E-state index in [4.69, 9.17) is 15.2 Å². The average molecular weight is 293 g/mol. The fourth-order valence-electron chi connectivity index (χ4n) is 2.12. The normalized spacial score (nSPS) is 31.2. The number of carbonyl (C=O) groups is 1. The Morgan fingerprint density at radius 2 is 1.74 bits per heavy atom. The summed E-state index contributed by atoms with van der Waals surface area (Å²) in [6, 6.07) is 0. The van der Waals surface area contributed by atoms with E-state index in [-0.39, 0.29) is 19.7 Å². The van der Waals surface area contributed by atoms with Gasteiger partial charge in [0.25, 0.3) is 16.1 Å². The largest absolute Gasteiger partial charge is 0.379 e. The summed E-state index contributed by atoms with van der Waals surface area (Å²) in [5, 5.41) is 0. The maximum Gasteiger partial charge on any atom is 0.282 e. The zero-order valence-corrected chi connectivity index (χ0v) is 11.7. The van der Waals surface area contributed by atoms with Gasteiger partial charge in [0, 0.05) is 19.6 Å². The van der Waals surface area contributed by atoms with E-state index in [1.54, 1.807) is 0 Å². The molecule has 2 rings (SSSR count). The number of rotatable bonds is 3. The van der Waals surface area contributed by atoms with Crippen LogP contribution < -0.4 is 5.73 Å². The minimum Gasteiger partial charge on any atom is -0.379 e. The van der Waals surface area contributed by atoms with Gasteiger partial charge in [-0.3, -0.25) is 4.79 Å². The van der Waals surface area contributed by atoms with Crippen molar-refractivity contribution in [3.63, 3.8) is 0 Å². The third-order valence-corrected chi connectivity index (χ3v) is 5.37. The molecule has 2 N–H and O–H groups in total. The Morgan fingerprint density at radius 3 is 2.32 bits per heavy atom. The molecule has 0 aliphatic carbocycles. The smallest absolute Gasteiger partial charge is 0.282 e. The van der Waals surface area contributed by atoms with Crippen LogP contribution >= 0.6 is 0 Å². The second-order valence-corrected chi connectivity index (χ2v) is 6.72. The van der Waals surface area contributed by atoms with Crippen LogP contribution in [-0.2, 0) is 24.5 Å². The molecule has 0 radical (unpaired) electrons. The molecule has 0 aromatic heterocycles. The first-order valence-corrected chi connectivity index (χ1v) is 7.53. The predicted molar refractivity (Wildman–Crippen MR) is 66.4 cm³/mol. The summed E-state index contributed by atoms with van der Waals surface area (Å²) in [7, 11) is -3.59. The van der Waals surface area contributed by atoms with Gasteiger partial charge in [-0.05, 0) is 6.92 Å². The number of hydrogen-bond donors (Lipinski definition) is 1. The van der Waals surface area contributed by atoms with Gasteiger partial charge in [0.05, 0.1) is 26.4 Å². The van der Waals surface area contributed by atoms with Crippen molar-refractivity contribution >= 4 is 16.1 Å². The van der Waals surface area contributed by atoms with Gasteiger partial charge >= 0.3 is 0 Å². The molecule has 2 fully saturated rings. The second-order valence-electron chi connectivity index (χ2n) is 4.80. The van der Waals surface area contributed by atoms with Crippen molar-refractivity contribution in [1.29, 1.82) is 0 Å². The zero-order valence-electron chi connectivity index (χ0n) is 10.9. The Kier molecular flexibility index (Phi) is 4.11. The van der Waals surface area contributed by atoms with Crippen molar-refractivity contribution in [3.8, 4) is 0 Å².